The molecule has 0 heterocycles. The fourth-order valence-corrected chi connectivity index (χ4v) is 8.32. The molecule has 4 aliphatic carbocycles. The van der Waals surface area contributed by atoms with Crippen molar-refractivity contribution in [2.45, 2.75) is 76.9 Å². The summed E-state index contributed by atoms with van der Waals surface area (Å²) < 4.78 is 5.29. The average molecular weight is 496 g/mol. The van der Waals surface area contributed by atoms with E-state index in [4.69, 9.17) is 10.5 Å². The highest BCUT2D eigenvalue weighted by Crippen LogP contribution is 2.67. The molecular weight excluding hydrogens is 458 g/mol. The van der Waals surface area contributed by atoms with Gasteiger partial charge in [-0.15, -0.1) is 0 Å². The summed E-state index contributed by atoms with van der Waals surface area (Å²) in [7, 11) is 0. The number of aliphatic hydroxyl groups is 2. The molecule has 0 bridgehead atoms. The number of carbonyl (C=O) groups excluding carboxylic acids is 3. The number of fused-ring (bicyclic) bond motifs is 5. The molecule has 4 aliphatic rings. The number of ether oxygens (including phenoxy) is 1. The first-order valence-electron chi connectivity index (χ1n) is 13.2. The van der Waals surface area contributed by atoms with E-state index >= 15 is 0 Å². The van der Waals surface area contributed by atoms with E-state index < -0.39 is 35.5 Å². The number of hydrogen-bond donors (Lipinski definition) is 3. The van der Waals surface area contributed by atoms with Crippen molar-refractivity contribution in [1.29, 1.82) is 0 Å². The van der Waals surface area contributed by atoms with Gasteiger partial charge >= 0.3 is 5.97 Å². The highest BCUT2D eigenvalue weighted by Gasteiger charge is 2.68. The largest absolute Gasteiger partial charge is 0.457 e. The second kappa shape index (κ2) is 8.80. The Balaban J connectivity index is 1.32. The third-order valence-corrected chi connectivity index (χ3v) is 10.3. The smallest absolute Gasteiger partial charge is 0.310 e. The Labute approximate surface area is 212 Å². The zero-order valence-electron chi connectivity index (χ0n) is 21.2. The monoisotopic (exact) mass is 495 g/mol. The van der Waals surface area contributed by atoms with Gasteiger partial charge in [0, 0.05) is 17.5 Å². The maximum atomic E-state index is 13.4. The minimum absolute atomic E-state index is 0.00952. The maximum Gasteiger partial charge on any atom is 0.310 e. The highest BCUT2D eigenvalue weighted by molar-refractivity contribution is 5.92. The molecule has 1 aromatic carbocycles. The number of allylic oxidation sites excluding steroid dienone is 1. The van der Waals surface area contributed by atoms with Crippen LogP contribution in [0, 0.1) is 28.6 Å². The summed E-state index contributed by atoms with van der Waals surface area (Å²) in [6, 6.07) is 7.00. The van der Waals surface area contributed by atoms with Gasteiger partial charge in [-0.3, -0.25) is 14.4 Å². The summed E-state index contributed by atoms with van der Waals surface area (Å²) in [6.45, 7) is 3.60. The third kappa shape index (κ3) is 3.74. The molecule has 36 heavy (non-hydrogen) atoms. The summed E-state index contributed by atoms with van der Waals surface area (Å²) in [4.78, 5) is 37.8. The lowest BCUT2D eigenvalue weighted by atomic mass is 9.45. The lowest BCUT2D eigenvalue weighted by molar-refractivity contribution is -0.184. The molecular formula is C29H37NO6. The molecule has 0 amide bonds. The van der Waals surface area contributed by atoms with Gasteiger partial charge in [0.05, 0.1) is 12.5 Å². The number of ketones is 2. The van der Waals surface area contributed by atoms with Gasteiger partial charge in [-0.25, -0.2) is 0 Å². The van der Waals surface area contributed by atoms with Gasteiger partial charge in [0.2, 0.25) is 5.78 Å². The summed E-state index contributed by atoms with van der Waals surface area (Å²) in [5, 5.41) is 23.2. The lowest BCUT2D eigenvalue weighted by Gasteiger charge is -2.60. The van der Waals surface area contributed by atoms with Crippen LogP contribution in [0.4, 0.5) is 5.69 Å². The second-order valence-electron chi connectivity index (χ2n) is 11.9. The number of aliphatic hydroxyl groups excluding tert-OH is 1. The van der Waals surface area contributed by atoms with Crippen LogP contribution in [-0.4, -0.2) is 46.1 Å². The number of nitrogens with two attached hydrogens (primary N) is 1. The quantitative estimate of drug-likeness (QED) is 0.423. The van der Waals surface area contributed by atoms with E-state index in [0.717, 1.165) is 24.8 Å². The van der Waals surface area contributed by atoms with Crippen LogP contribution in [0.15, 0.2) is 35.9 Å². The molecule has 4 N–H and O–H groups in total. The standard InChI is InChI=1S/C29H37NO6/c1-27-11-9-19(31)14-18(27)7-8-20-21-10-12-29(35,28(21,2)15-23(32)26(20)27)24(33)16-36-25(34)13-17-5-3-4-6-22(17)30/h3-6,14,20-21,23,26,32,35H,7-13,15-16,30H2,1-2H3. The van der Waals surface area contributed by atoms with Crippen LogP contribution in [0.25, 0.3) is 0 Å². The van der Waals surface area contributed by atoms with Crippen LogP contribution in [0.1, 0.15) is 64.4 Å². The van der Waals surface area contributed by atoms with Crippen LogP contribution in [0.3, 0.4) is 0 Å². The van der Waals surface area contributed by atoms with Crippen LogP contribution in [0.5, 0.6) is 0 Å². The van der Waals surface area contributed by atoms with Gasteiger partial charge in [-0.1, -0.05) is 37.6 Å². The van der Waals surface area contributed by atoms with Crippen LogP contribution >= 0.6 is 0 Å². The molecule has 0 spiro atoms. The van der Waals surface area contributed by atoms with E-state index in [1.54, 1.807) is 30.3 Å². The Morgan fingerprint density at radius 1 is 1.14 bits per heavy atom. The molecule has 0 aromatic heterocycles. The van der Waals surface area contributed by atoms with Gasteiger partial charge in [-0.05, 0) is 79.4 Å². The SMILES string of the molecule is CC12CCC(=O)C=C1CCC1C2C(O)CC2(C)C1CCC2(O)C(=O)COC(=O)Cc1ccccc1N. The molecule has 7 nitrogen and oxygen atoms in total. The van der Waals surface area contributed by atoms with Crippen molar-refractivity contribution in [3.63, 3.8) is 0 Å². The fraction of sp³-hybridized carbons (Fsp3) is 0.621. The maximum absolute atomic E-state index is 13.4. The number of rotatable bonds is 5. The molecule has 7 heteroatoms. The topological polar surface area (TPSA) is 127 Å². The van der Waals surface area contributed by atoms with Crippen LogP contribution in [0.2, 0.25) is 0 Å². The van der Waals surface area contributed by atoms with E-state index in [-0.39, 0.29) is 35.4 Å². The normalized spacial score (nSPS) is 39.4. The Morgan fingerprint density at radius 3 is 2.64 bits per heavy atom. The molecule has 3 fully saturated rings. The average Bonchev–Trinajstić information content (AvgIpc) is 3.10. The molecule has 7 unspecified atom stereocenters. The van der Waals surface area contributed by atoms with Crippen molar-refractivity contribution in [1.82, 2.24) is 0 Å². The van der Waals surface area contributed by atoms with Gasteiger partial charge in [-0.2, -0.15) is 0 Å². The summed E-state index contributed by atoms with van der Waals surface area (Å²) in [5.41, 5.74) is 5.48. The lowest BCUT2D eigenvalue weighted by Crippen LogP contribution is -2.62. The number of nitrogen functional groups attached to an aromatic ring is 1. The molecule has 0 aliphatic heterocycles. The van der Waals surface area contributed by atoms with Crippen molar-refractivity contribution in [2.75, 3.05) is 12.3 Å². The first-order valence-corrected chi connectivity index (χ1v) is 13.2. The fourth-order valence-electron chi connectivity index (χ4n) is 8.32. The zero-order valence-corrected chi connectivity index (χ0v) is 21.2. The van der Waals surface area contributed by atoms with E-state index in [2.05, 4.69) is 6.92 Å². The molecule has 0 saturated heterocycles. The van der Waals surface area contributed by atoms with Gasteiger partial charge in [0.1, 0.15) is 5.60 Å². The number of hydrogen-bond acceptors (Lipinski definition) is 7. The van der Waals surface area contributed by atoms with Crippen molar-refractivity contribution in [3.8, 4) is 0 Å². The number of benzene rings is 1. The number of carbonyl (C=O) groups is 3. The van der Waals surface area contributed by atoms with Gasteiger partial charge < -0.3 is 20.7 Å². The molecule has 1 aromatic rings. The molecule has 0 radical (unpaired) electrons. The van der Waals surface area contributed by atoms with Crippen LogP contribution in [-0.2, 0) is 25.5 Å². The zero-order chi connectivity index (χ0) is 25.9. The molecule has 5 rings (SSSR count). The van der Waals surface area contributed by atoms with E-state index in [1.165, 1.54) is 0 Å². The number of anilines is 1. The van der Waals surface area contributed by atoms with E-state index in [0.29, 0.717) is 36.9 Å². The minimum Gasteiger partial charge on any atom is -0.457 e. The van der Waals surface area contributed by atoms with Crippen molar-refractivity contribution in [2.24, 2.45) is 28.6 Å². The van der Waals surface area contributed by atoms with E-state index in [9.17, 15) is 24.6 Å². The van der Waals surface area contributed by atoms with Gasteiger partial charge in [0.15, 0.2) is 12.4 Å². The summed E-state index contributed by atoms with van der Waals surface area (Å²) in [6.07, 6.45) is 5.27. The van der Waals surface area contributed by atoms with Crippen LogP contribution < -0.4 is 5.73 Å². The third-order valence-electron chi connectivity index (χ3n) is 10.3. The number of para-hydroxylation sites is 1. The van der Waals surface area contributed by atoms with Crippen molar-refractivity contribution in [3.05, 3.63) is 41.5 Å². The predicted molar refractivity (Wildman–Crippen MR) is 134 cm³/mol. The first kappa shape index (κ1) is 25.2. The molecule has 7 atom stereocenters. The van der Waals surface area contributed by atoms with Gasteiger partial charge in [0.25, 0.3) is 0 Å². The molecule has 3 saturated carbocycles. The summed E-state index contributed by atoms with van der Waals surface area (Å²) >= 11 is 0. The van der Waals surface area contributed by atoms with E-state index in [1.807, 2.05) is 6.92 Å². The summed E-state index contributed by atoms with van der Waals surface area (Å²) in [5.74, 6) is -0.648. The Hall–Kier alpha value is -2.51. The highest BCUT2D eigenvalue weighted by atomic mass is 16.5. The predicted octanol–water partition coefficient (Wildman–Crippen LogP) is 3.16. The van der Waals surface area contributed by atoms with Crippen molar-refractivity contribution >= 4 is 23.2 Å². The Morgan fingerprint density at radius 2 is 1.89 bits per heavy atom. The Bertz CT molecular complexity index is 1130. The Kier molecular flexibility index (Phi) is 6.15. The first-order chi connectivity index (χ1) is 17.0. The van der Waals surface area contributed by atoms with Crippen molar-refractivity contribution < 1.29 is 29.3 Å². The second-order valence-corrected chi connectivity index (χ2v) is 11.9. The number of Topliss-reactive ketones (excluding diaryl/α,β-unsaturated/α-hetero) is 1. The number of esters is 1. The molecule has 194 valence electrons. The minimum atomic E-state index is -1.66.